The molecule has 0 amide bonds. The maximum atomic E-state index is 13.5. The minimum Gasteiger partial charge on any atom is -0.394 e. The Balaban J connectivity index is 2.31. The molecule has 1 heterocycles. The molecule has 1 aromatic carbocycles. The molecule has 0 aromatic heterocycles. The molecule has 7 heteroatoms. The lowest BCUT2D eigenvalue weighted by Crippen LogP contribution is -2.47. The van der Waals surface area contributed by atoms with Crippen LogP contribution in [0.25, 0.3) is 0 Å². The van der Waals surface area contributed by atoms with Crippen molar-refractivity contribution in [3.8, 4) is 0 Å². The maximum absolute atomic E-state index is 13.5. The van der Waals surface area contributed by atoms with Crippen molar-refractivity contribution in [3.63, 3.8) is 0 Å². The maximum Gasteiger partial charge on any atom is 0.327 e. The molecular weight excluding hydrogens is 255 g/mol. The van der Waals surface area contributed by atoms with Gasteiger partial charge in [-0.1, -0.05) is 6.07 Å². The van der Waals surface area contributed by atoms with Crippen molar-refractivity contribution in [2.75, 3.05) is 25.1 Å². The van der Waals surface area contributed by atoms with Crippen molar-refractivity contribution >= 4 is 11.4 Å². The first-order chi connectivity index (χ1) is 9.08. The second-order valence-electron chi connectivity index (χ2n) is 4.57. The van der Waals surface area contributed by atoms with E-state index in [0.29, 0.717) is 26.1 Å². The van der Waals surface area contributed by atoms with Gasteiger partial charge in [0.25, 0.3) is 0 Å². The van der Waals surface area contributed by atoms with Crippen molar-refractivity contribution < 1.29 is 19.2 Å². The van der Waals surface area contributed by atoms with Crippen LogP contribution in [0.4, 0.5) is 15.8 Å². The van der Waals surface area contributed by atoms with E-state index in [-0.39, 0.29) is 12.3 Å². The molecule has 104 valence electrons. The molecule has 1 saturated heterocycles. The average Bonchev–Trinajstić information content (AvgIpc) is 2.39. The monoisotopic (exact) mass is 270 g/mol. The Labute approximate surface area is 109 Å². The van der Waals surface area contributed by atoms with Crippen molar-refractivity contribution in [3.05, 3.63) is 34.1 Å². The number of para-hydroxylation sites is 1. The fourth-order valence-corrected chi connectivity index (χ4v) is 2.17. The lowest BCUT2D eigenvalue weighted by atomic mass is 9.90. The summed E-state index contributed by atoms with van der Waals surface area (Å²) in [6.45, 7) is 0.720. The number of nitrogens with one attached hydrogen (secondary N) is 1. The predicted octanol–water partition coefficient (Wildman–Crippen LogP) is 1.69. The van der Waals surface area contributed by atoms with Crippen LogP contribution in [0.3, 0.4) is 0 Å². The summed E-state index contributed by atoms with van der Waals surface area (Å²) < 4.78 is 18.7. The number of aliphatic hydroxyl groups is 1. The number of nitro benzene ring substituents is 1. The molecule has 1 aliphatic rings. The first kappa shape index (κ1) is 13.7. The zero-order valence-electron chi connectivity index (χ0n) is 10.3. The normalized spacial score (nSPS) is 18.0. The number of anilines is 1. The summed E-state index contributed by atoms with van der Waals surface area (Å²) in [4.78, 5) is 10.2. The number of halogens is 1. The summed E-state index contributed by atoms with van der Waals surface area (Å²) in [5, 5.41) is 23.4. The predicted molar refractivity (Wildman–Crippen MR) is 66.5 cm³/mol. The van der Waals surface area contributed by atoms with Crippen LogP contribution in [-0.2, 0) is 4.74 Å². The van der Waals surface area contributed by atoms with Crippen LogP contribution < -0.4 is 5.32 Å². The summed E-state index contributed by atoms with van der Waals surface area (Å²) in [5.41, 5.74) is -1.21. The highest BCUT2D eigenvalue weighted by molar-refractivity contribution is 5.63. The van der Waals surface area contributed by atoms with Gasteiger partial charge in [-0.15, -0.1) is 0 Å². The second kappa shape index (κ2) is 5.50. The molecule has 1 aromatic rings. The van der Waals surface area contributed by atoms with Gasteiger partial charge in [-0.3, -0.25) is 10.1 Å². The van der Waals surface area contributed by atoms with E-state index in [1.165, 1.54) is 12.1 Å². The standard InChI is InChI=1S/C12H15FN2O4/c13-9-2-1-3-10(11(9)15(17)18)14-12(8-16)4-6-19-7-5-12/h1-3,14,16H,4-8H2. The molecule has 0 bridgehead atoms. The molecule has 0 radical (unpaired) electrons. The van der Waals surface area contributed by atoms with Gasteiger partial charge in [-0.2, -0.15) is 4.39 Å². The van der Waals surface area contributed by atoms with Crippen LogP contribution >= 0.6 is 0 Å². The Morgan fingerprint density at radius 2 is 2.16 bits per heavy atom. The van der Waals surface area contributed by atoms with Crippen LogP contribution in [0.1, 0.15) is 12.8 Å². The van der Waals surface area contributed by atoms with Gasteiger partial charge in [0, 0.05) is 13.2 Å². The SMILES string of the molecule is O=[N+]([O-])c1c(F)cccc1NC1(CO)CCOCC1. The molecule has 0 unspecified atom stereocenters. The lowest BCUT2D eigenvalue weighted by molar-refractivity contribution is -0.386. The molecule has 0 aliphatic carbocycles. The first-order valence-corrected chi connectivity index (χ1v) is 5.98. The van der Waals surface area contributed by atoms with E-state index in [9.17, 15) is 19.6 Å². The molecule has 6 nitrogen and oxygen atoms in total. The average molecular weight is 270 g/mol. The molecule has 0 atom stereocenters. The van der Waals surface area contributed by atoms with Gasteiger partial charge in [0.2, 0.25) is 5.82 Å². The van der Waals surface area contributed by atoms with Crippen molar-refractivity contribution in [1.29, 1.82) is 0 Å². The number of aliphatic hydroxyl groups excluding tert-OH is 1. The summed E-state index contributed by atoms with van der Waals surface area (Å²) in [6, 6.07) is 3.88. The molecule has 2 rings (SSSR count). The Morgan fingerprint density at radius 1 is 1.47 bits per heavy atom. The van der Waals surface area contributed by atoms with E-state index in [1.807, 2.05) is 0 Å². The molecule has 1 fully saturated rings. The van der Waals surface area contributed by atoms with Gasteiger partial charge in [0.05, 0.1) is 17.1 Å². The highest BCUT2D eigenvalue weighted by atomic mass is 19.1. The van der Waals surface area contributed by atoms with Crippen LogP contribution in [0, 0.1) is 15.9 Å². The van der Waals surface area contributed by atoms with Gasteiger partial charge in [0.15, 0.2) is 0 Å². The molecule has 2 N–H and O–H groups in total. The number of hydrogen-bond donors (Lipinski definition) is 2. The molecule has 19 heavy (non-hydrogen) atoms. The lowest BCUT2D eigenvalue weighted by Gasteiger charge is -2.37. The quantitative estimate of drug-likeness (QED) is 0.642. The Kier molecular flexibility index (Phi) is 3.96. The van der Waals surface area contributed by atoms with E-state index in [1.54, 1.807) is 0 Å². The zero-order valence-corrected chi connectivity index (χ0v) is 10.3. The summed E-state index contributed by atoms with van der Waals surface area (Å²) in [5.74, 6) is -0.893. The Hall–Kier alpha value is -1.73. The Morgan fingerprint density at radius 3 is 2.74 bits per heavy atom. The molecule has 0 spiro atoms. The smallest absolute Gasteiger partial charge is 0.327 e. The highest BCUT2D eigenvalue weighted by Crippen LogP contribution is 2.32. The van der Waals surface area contributed by atoms with Gasteiger partial charge >= 0.3 is 5.69 Å². The van der Waals surface area contributed by atoms with Crippen molar-refractivity contribution in [2.24, 2.45) is 0 Å². The van der Waals surface area contributed by atoms with Gasteiger partial charge in [0.1, 0.15) is 5.69 Å². The third-order valence-electron chi connectivity index (χ3n) is 3.32. The van der Waals surface area contributed by atoms with Crippen molar-refractivity contribution in [1.82, 2.24) is 0 Å². The molecular formula is C12H15FN2O4. The van der Waals surface area contributed by atoms with Crippen molar-refractivity contribution in [2.45, 2.75) is 18.4 Å². The van der Waals surface area contributed by atoms with Crippen LogP contribution in [0.5, 0.6) is 0 Å². The van der Waals surface area contributed by atoms with Crippen LogP contribution in [-0.4, -0.2) is 35.4 Å². The number of nitro groups is 1. The van der Waals surface area contributed by atoms with Gasteiger partial charge < -0.3 is 15.2 Å². The fraction of sp³-hybridized carbons (Fsp3) is 0.500. The minimum atomic E-state index is -0.893. The van der Waals surface area contributed by atoms with Gasteiger partial charge in [-0.05, 0) is 25.0 Å². The third kappa shape index (κ3) is 2.82. The Bertz CT molecular complexity index is 475. The summed E-state index contributed by atoms with van der Waals surface area (Å²) in [6.07, 6.45) is 1.02. The van der Waals surface area contributed by atoms with E-state index in [0.717, 1.165) is 6.07 Å². The van der Waals surface area contributed by atoms with Crippen LogP contribution in [0.15, 0.2) is 18.2 Å². The number of nitrogens with zero attached hydrogens (tertiary/aromatic N) is 1. The number of ether oxygens (including phenoxy) is 1. The van der Waals surface area contributed by atoms with Crippen LogP contribution in [0.2, 0.25) is 0 Å². The zero-order chi connectivity index (χ0) is 13.9. The van der Waals surface area contributed by atoms with E-state index >= 15 is 0 Å². The largest absolute Gasteiger partial charge is 0.394 e. The van der Waals surface area contributed by atoms with E-state index < -0.39 is 22.0 Å². The van der Waals surface area contributed by atoms with Gasteiger partial charge in [-0.25, -0.2) is 0 Å². The highest BCUT2D eigenvalue weighted by Gasteiger charge is 2.34. The van der Waals surface area contributed by atoms with E-state index in [4.69, 9.17) is 4.74 Å². The second-order valence-corrected chi connectivity index (χ2v) is 4.57. The molecule has 0 saturated carbocycles. The summed E-state index contributed by atoms with van der Waals surface area (Å²) in [7, 11) is 0. The third-order valence-corrected chi connectivity index (χ3v) is 3.32. The number of benzene rings is 1. The molecule has 1 aliphatic heterocycles. The topological polar surface area (TPSA) is 84.6 Å². The first-order valence-electron chi connectivity index (χ1n) is 5.98. The fourth-order valence-electron chi connectivity index (χ4n) is 2.17. The van der Waals surface area contributed by atoms with E-state index in [2.05, 4.69) is 5.32 Å². The minimum absolute atomic E-state index is 0.0842. The number of hydrogen-bond acceptors (Lipinski definition) is 5. The number of rotatable bonds is 4. The summed E-state index contributed by atoms with van der Waals surface area (Å²) >= 11 is 0.